The van der Waals surface area contributed by atoms with Gasteiger partial charge in [-0.15, -0.1) is 0 Å². The van der Waals surface area contributed by atoms with Gasteiger partial charge in [0.05, 0.1) is 35.6 Å². The van der Waals surface area contributed by atoms with Crippen molar-refractivity contribution in [3.8, 4) is 0 Å². The van der Waals surface area contributed by atoms with Crippen molar-refractivity contribution in [1.82, 2.24) is 13.6 Å². The minimum absolute atomic E-state index is 0.128. The van der Waals surface area contributed by atoms with E-state index in [9.17, 15) is 9.59 Å². The molecule has 0 saturated carbocycles. The van der Waals surface area contributed by atoms with Crippen LogP contribution in [0, 0.1) is 6.92 Å². The molecule has 0 spiro atoms. The predicted octanol–water partition coefficient (Wildman–Crippen LogP) is 2.45. The van der Waals surface area contributed by atoms with E-state index >= 15 is 0 Å². The van der Waals surface area contributed by atoms with Crippen molar-refractivity contribution in [2.24, 2.45) is 0 Å². The van der Waals surface area contributed by atoms with E-state index in [1.165, 1.54) is 4.90 Å². The molecule has 3 rings (SSSR count). The fourth-order valence-electron chi connectivity index (χ4n) is 2.95. The number of likely N-dealkylation sites (tertiary alicyclic amines) is 1. The monoisotopic (exact) mass is 315 g/mol. The highest BCUT2D eigenvalue weighted by Crippen LogP contribution is 2.40. The fourth-order valence-corrected chi connectivity index (χ4v) is 3.38. The Bertz CT molecular complexity index is 697. The SMILES string of the molecule is CC[C@]1(c2ccc(C)cc2)CC(=O)N(Cc2cnsn2)C1=O. The molecule has 1 saturated heterocycles. The van der Waals surface area contributed by atoms with Crippen molar-refractivity contribution in [3.63, 3.8) is 0 Å². The van der Waals surface area contributed by atoms with Gasteiger partial charge in [-0.3, -0.25) is 14.5 Å². The molecule has 0 N–H and O–H groups in total. The van der Waals surface area contributed by atoms with E-state index in [1.807, 2.05) is 38.1 Å². The molecule has 2 heterocycles. The number of benzene rings is 1. The Morgan fingerprint density at radius 3 is 2.59 bits per heavy atom. The third-order valence-electron chi connectivity index (χ3n) is 4.34. The quantitative estimate of drug-likeness (QED) is 0.813. The van der Waals surface area contributed by atoms with E-state index in [1.54, 1.807) is 6.20 Å². The summed E-state index contributed by atoms with van der Waals surface area (Å²) in [6, 6.07) is 7.88. The van der Waals surface area contributed by atoms with Crippen LogP contribution < -0.4 is 0 Å². The van der Waals surface area contributed by atoms with Crippen molar-refractivity contribution in [3.05, 3.63) is 47.3 Å². The normalized spacial score (nSPS) is 21.6. The highest BCUT2D eigenvalue weighted by atomic mass is 32.1. The summed E-state index contributed by atoms with van der Waals surface area (Å²) >= 11 is 1.08. The summed E-state index contributed by atoms with van der Waals surface area (Å²) in [5.74, 6) is -0.266. The summed E-state index contributed by atoms with van der Waals surface area (Å²) in [5.41, 5.74) is 1.96. The molecule has 114 valence electrons. The van der Waals surface area contributed by atoms with Crippen LogP contribution in [0.25, 0.3) is 0 Å². The van der Waals surface area contributed by atoms with Gasteiger partial charge < -0.3 is 0 Å². The number of nitrogens with zero attached hydrogens (tertiary/aromatic N) is 3. The number of rotatable bonds is 4. The zero-order valence-corrected chi connectivity index (χ0v) is 13.4. The fraction of sp³-hybridized carbons (Fsp3) is 0.375. The maximum absolute atomic E-state index is 12.9. The van der Waals surface area contributed by atoms with E-state index < -0.39 is 5.41 Å². The van der Waals surface area contributed by atoms with Crippen LogP contribution in [0.1, 0.15) is 36.6 Å². The van der Waals surface area contributed by atoms with Crippen molar-refractivity contribution in [2.45, 2.75) is 38.6 Å². The summed E-state index contributed by atoms with van der Waals surface area (Å²) in [6.07, 6.45) is 2.43. The van der Waals surface area contributed by atoms with Crippen molar-refractivity contribution in [2.75, 3.05) is 0 Å². The first-order valence-corrected chi connectivity index (χ1v) is 7.98. The average Bonchev–Trinajstić information content (AvgIpc) is 3.11. The summed E-state index contributed by atoms with van der Waals surface area (Å²) in [7, 11) is 0. The van der Waals surface area contributed by atoms with Gasteiger partial charge in [-0.2, -0.15) is 8.75 Å². The van der Waals surface area contributed by atoms with E-state index in [4.69, 9.17) is 0 Å². The molecule has 1 fully saturated rings. The number of aryl methyl sites for hydroxylation is 1. The van der Waals surface area contributed by atoms with Crippen LogP contribution in [-0.2, 0) is 21.5 Å². The molecular weight excluding hydrogens is 298 g/mol. The molecule has 1 aromatic heterocycles. The molecule has 1 atom stereocenters. The second-order valence-electron chi connectivity index (χ2n) is 5.66. The van der Waals surface area contributed by atoms with E-state index in [2.05, 4.69) is 8.75 Å². The van der Waals surface area contributed by atoms with Gasteiger partial charge >= 0.3 is 0 Å². The molecule has 2 amide bonds. The molecule has 2 aromatic rings. The zero-order valence-electron chi connectivity index (χ0n) is 12.6. The number of carbonyl (C=O) groups is 2. The zero-order chi connectivity index (χ0) is 15.7. The van der Waals surface area contributed by atoms with Crippen LogP contribution in [-0.4, -0.2) is 25.5 Å². The van der Waals surface area contributed by atoms with Crippen molar-refractivity contribution in [1.29, 1.82) is 0 Å². The second-order valence-corrected chi connectivity index (χ2v) is 6.22. The number of aromatic nitrogens is 2. The lowest BCUT2D eigenvalue weighted by molar-refractivity contribution is -0.140. The predicted molar refractivity (Wildman–Crippen MR) is 83.2 cm³/mol. The highest BCUT2D eigenvalue weighted by molar-refractivity contribution is 6.99. The topological polar surface area (TPSA) is 63.2 Å². The lowest BCUT2D eigenvalue weighted by Gasteiger charge is -2.26. The summed E-state index contributed by atoms with van der Waals surface area (Å²) in [4.78, 5) is 26.6. The smallest absolute Gasteiger partial charge is 0.240 e. The van der Waals surface area contributed by atoms with Gasteiger partial charge in [0.1, 0.15) is 0 Å². The van der Waals surface area contributed by atoms with Gasteiger partial charge in [-0.25, -0.2) is 0 Å². The molecule has 0 aliphatic carbocycles. The summed E-state index contributed by atoms with van der Waals surface area (Å²) in [6.45, 7) is 4.17. The van der Waals surface area contributed by atoms with Gasteiger partial charge in [0.15, 0.2) is 0 Å². The Morgan fingerprint density at radius 2 is 2.00 bits per heavy atom. The van der Waals surface area contributed by atoms with Crippen LogP contribution in [0.5, 0.6) is 0 Å². The Balaban J connectivity index is 1.94. The van der Waals surface area contributed by atoms with Crippen molar-refractivity contribution < 1.29 is 9.59 Å². The average molecular weight is 315 g/mol. The lowest BCUT2D eigenvalue weighted by atomic mass is 9.76. The molecule has 1 aliphatic rings. The first kappa shape index (κ1) is 14.8. The first-order valence-electron chi connectivity index (χ1n) is 7.25. The Morgan fingerprint density at radius 1 is 1.27 bits per heavy atom. The number of hydrogen-bond acceptors (Lipinski definition) is 5. The maximum Gasteiger partial charge on any atom is 0.240 e. The number of carbonyl (C=O) groups excluding carboxylic acids is 2. The molecule has 5 nitrogen and oxygen atoms in total. The third kappa shape index (κ3) is 2.33. The molecule has 1 aromatic carbocycles. The standard InChI is InChI=1S/C16H17N3O2S/c1-3-16(12-6-4-11(2)5-7-12)8-14(20)19(15(16)21)10-13-9-17-22-18-13/h4-7,9H,3,8,10H2,1-2H3/t16-/m1/s1. The molecule has 0 radical (unpaired) electrons. The summed E-state index contributed by atoms with van der Waals surface area (Å²) < 4.78 is 8.01. The lowest BCUT2D eigenvalue weighted by Crippen LogP contribution is -2.37. The number of hydrogen-bond donors (Lipinski definition) is 0. The van der Waals surface area contributed by atoms with E-state index in [0.717, 1.165) is 22.9 Å². The van der Waals surface area contributed by atoms with Gasteiger partial charge in [0.2, 0.25) is 11.8 Å². The van der Waals surface area contributed by atoms with Crippen LogP contribution in [0.2, 0.25) is 0 Å². The van der Waals surface area contributed by atoms with Gasteiger partial charge in [-0.05, 0) is 18.9 Å². The van der Waals surface area contributed by atoms with Crippen LogP contribution >= 0.6 is 11.7 Å². The van der Waals surface area contributed by atoms with Gasteiger partial charge in [0, 0.05) is 6.42 Å². The second kappa shape index (κ2) is 5.61. The molecular formula is C16H17N3O2S. The summed E-state index contributed by atoms with van der Waals surface area (Å²) in [5, 5.41) is 0. The van der Waals surface area contributed by atoms with Crippen LogP contribution in [0.4, 0.5) is 0 Å². The molecule has 22 heavy (non-hydrogen) atoms. The minimum atomic E-state index is -0.742. The van der Waals surface area contributed by atoms with Crippen molar-refractivity contribution >= 4 is 23.5 Å². The largest absolute Gasteiger partial charge is 0.276 e. The number of imide groups is 1. The molecule has 0 bridgehead atoms. The Kier molecular flexibility index (Phi) is 3.78. The third-order valence-corrected chi connectivity index (χ3v) is 4.86. The molecule has 1 aliphatic heterocycles. The van der Waals surface area contributed by atoms with E-state index in [-0.39, 0.29) is 24.8 Å². The minimum Gasteiger partial charge on any atom is -0.276 e. The Labute approximate surface area is 133 Å². The number of amides is 2. The van der Waals surface area contributed by atoms with Crippen LogP contribution in [0.15, 0.2) is 30.5 Å². The van der Waals surface area contributed by atoms with Gasteiger partial charge in [-0.1, -0.05) is 36.8 Å². The Hall–Kier alpha value is -2.08. The molecule has 6 heteroatoms. The maximum atomic E-state index is 12.9. The highest BCUT2D eigenvalue weighted by Gasteiger charge is 2.51. The van der Waals surface area contributed by atoms with Gasteiger partial charge in [0.25, 0.3) is 0 Å². The molecule has 0 unspecified atom stereocenters. The van der Waals surface area contributed by atoms with E-state index in [0.29, 0.717) is 12.1 Å². The van der Waals surface area contributed by atoms with Crippen LogP contribution in [0.3, 0.4) is 0 Å². The first-order chi connectivity index (χ1) is 10.6.